The van der Waals surface area contributed by atoms with Gasteiger partial charge in [0.15, 0.2) is 5.13 Å². The molecule has 0 atom stereocenters. The number of anilines is 1. The van der Waals surface area contributed by atoms with Crippen LogP contribution in [0.1, 0.15) is 5.56 Å². The van der Waals surface area contributed by atoms with Gasteiger partial charge in [-0.15, -0.1) is 0 Å². The van der Waals surface area contributed by atoms with Crippen molar-refractivity contribution in [2.24, 2.45) is 5.10 Å². The summed E-state index contributed by atoms with van der Waals surface area (Å²) in [4.78, 5) is 16.2. The molecule has 1 aromatic heterocycles. The molecule has 0 saturated heterocycles. The van der Waals surface area contributed by atoms with Crippen LogP contribution in [0.4, 0.5) is 5.13 Å². The van der Waals surface area contributed by atoms with Crippen LogP contribution in [0.2, 0.25) is 0 Å². The summed E-state index contributed by atoms with van der Waals surface area (Å²) in [6, 6.07) is 12.7. The van der Waals surface area contributed by atoms with Crippen molar-refractivity contribution in [1.29, 1.82) is 0 Å². The van der Waals surface area contributed by atoms with E-state index in [9.17, 15) is 9.90 Å². The zero-order valence-electron chi connectivity index (χ0n) is 12.4. The normalized spacial score (nSPS) is 11.0. The van der Waals surface area contributed by atoms with E-state index in [1.54, 1.807) is 18.2 Å². The van der Waals surface area contributed by atoms with Crippen molar-refractivity contribution in [3.8, 4) is 5.75 Å². The predicted molar refractivity (Wildman–Crippen MR) is 99.7 cm³/mol. The van der Waals surface area contributed by atoms with Gasteiger partial charge in [-0.3, -0.25) is 4.79 Å². The summed E-state index contributed by atoms with van der Waals surface area (Å²) >= 11 is 4.79. The van der Waals surface area contributed by atoms with Gasteiger partial charge >= 0.3 is 0 Å². The highest BCUT2D eigenvalue weighted by Crippen LogP contribution is 2.25. The van der Waals surface area contributed by atoms with Crippen molar-refractivity contribution in [3.63, 3.8) is 0 Å². The van der Waals surface area contributed by atoms with Gasteiger partial charge in [0, 0.05) is 10.0 Å². The lowest BCUT2D eigenvalue weighted by Gasteiger charge is -2.02. The molecule has 3 N–H and O–H groups in total. The monoisotopic (exact) mass is 404 g/mol. The smallest absolute Gasteiger partial charge is 0.259 e. The maximum absolute atomic E-state index is 11.8. The van der Waals surface area contributed by atoms with Crippen LogP contribution in [0.5, 0.6) is 5.75 Å². The summed E-state index contributed by atoms with van der Waals surface area (Å²) in [5, 5.41) is 17.2. The van der Waals surface area contributed by atoms with Crippen LogP contribution in [-0.4, -0.2) is 28.8 Å². The first-order valence-corrected chi connectivity index (χ1v) is 8.62. The van der Waals surface area contributed by atoms with Gasteiger partial charge in [0.2, 0.25) is 0 Å². The molecule has 0 aliphatic carbocycles. The van der Waals surface area contributed by atoms with Gasteiger partial charge < -0.3 is 10.4 Å². The summed E-state index contributed by atoms with van der Waals surface area (Å²) in [5.74, 6) is -0.219. The van der Waals surface area contributed by atoms with E-state index in [-0.39, 0.29) is 18.2 Å². The first-order valence-electron chi connectivity index (χ1n) is 7.02. The van der Waals surface area contributed by atoms with Crippen molar-refractivity contribution in [2.45, 2.75) is 0 Å². The molecule has 2 aromatic carbocycles. The third kappa shape index (κ3) is 4.09. The third-order valence-corrected chi connectivity index (χ3v) is 4.56. The molecule has 0 spiro atoms. The molecule has 0 saturated carbocycles. The van der Waals surface area contributed by atoms with Crippen molar-refractivity contribution in [1.82, 2.24) is 10.4 Å². The number of aromatic nitrogens is 1. The number of nitrogens with one attached hydrogen (secondary N) is 2. The first kappa shape index (κ1) is 16.4. The molecule has 6 nitrogen and oxygen atoms in total. The van der Waals surface area contributed by atoms with E-state index >= 15 is 0 Å². The fourth-order valence-electron chi connectivity index (χ4n) is 1.95. The minimum atomic E-state index is -0.306. The standard InChI is InChI=1S/C16H13BrN4O2S/c17-11-5-6-13(22)10(7-11)8-19-21-15(23)9-18-16-20-12-3-1-2-4-14(12)24-16/h1-8,22H,9H2,(H,18,20)(H,21,23)/b19-8+. The highest BCUT2D eigenvalue weighted by atomic mass is 79.9. The Balaban J connectivity index is 1.54. The molecule has 0 aliphatic rings. The summed E-state index contributed by atoms with van der Waals surface area (Å²) < 4.78 is 1.87. The molecule has 0 aliphatic heterocycles. The second-order valence-corrected chi connectivity index (χ2v) is 6.78. The number of aromatic hydroxyl groups is 1. The lowest BCUT2D eigenvalue weighted by Crippen LogP contribution is -2.25. The molecule has 8 heteroatoms. The van der Waals surface area contributed by atoms with Crippen LogP contribution >= 0.6 is 27.3 Å². The fraction of sp³-hybridized carbons (Fsp3) is 0.0625. The molecule has 0 bridgehead atoms. The molecule has 1 heterocycles. The van der Waals surface area contributed by atoms with Gasteiger partial charge in [-0.25, -0.2) is 10.4 Å². The average molecular weight is 405 g/mol. The molecule has 3 rings (SSSR count). The number of halogens is 1. The number of hydrazone groups is 1. The number of phenolic OH excluding ortho intramolecular Hbond substituents is 1. The Morgan fingerprint density at radius 1 is 1.33 bits per heavy atom. The molecule has 3 aromatic rings. The van der Waals surface area contributed by atoms with Gasteiger partial charge in [-0.05, 0) is 30.3 Å². The summed E-state index contributed by atoms with van der Waals surface area (Å²) in [7, 11) is 0. The SMILES string of the molecule is O=C(CNc1nc2ccccc2s1)N/N=C/c1cc(Br)ccc1O. The molecule has 24 heavy (non-hydrogen) atoms. The van der Waals surface area contributed by atoms with Crippen LogP contribution in [-0.2, 0) is 4.79 Å². The zero-order valence-corrected chi connectivity index (χ0v) is 14.8. The molecule has 1 amide bonds. The minimum Gasteiger partial charge on any atom is -0.507 e. The van der Waals surface area contributed by atoms with E-state index in [1.165, 1.54) is 17.6 Å². The quantitative estimate of drug-likeness (QED) is 0.449. The number of para-hydroxylation sites is 1. The van der Waals surface area contributed by atoms with Crippen LogP contribution in [0.25, 0.3) is 10.2 Å². The second kappa shape index (κ2) is 7.41. The van der Waals surface area contributed by atoms with Gasteiger partial charge in [0.05, 0.1) is 23.0 Å². The van der Waals surface area contributed by atoms with Crippen molar-refractivity contribution in [3.05, 3.63) is 52.5 Å². The Morgan fingerprint density at radius 3 is 3.00 bits per heavy atom. The maximum Gasteiger partial charge on any atom is 0.259 e. The number of carbonyl (C=O) groups excluding carboxylic acids is 1. The molecular weight excluding hydrogens is 392 g/mol. The molecular formula is C16H13BrN4O2S. The Bertz CT molecular complexity index is 877. The van der Waals surface area contributed by atoms with Crippen LogP contribution in [0, 0.1) is 0 Å². The van der Waals surface area contributed by atoms with Crippen molar-refractivity contribution < 1.29 is 9.90 Å². The largest absolute Gasteiger partial charge is 0.507 e. The lowest BCUT2D eigenvalue weighted by atomic mass is 10.2. The van der Waals surface area contributed by atoms with E-state index < -0.39 is 0 Å². The van der Waals surface area contributed by atoms with Gasteiger partial charge in [0.25, 0.3) is 5.91 Å². The van der Waals surface area contributed by atoms with Gasteiger partial charge in [-0.1, -0.05) is 39.4 Å². The Labute approximate surface area is 150 Å². The molecule has 122 valence electrons. The van der Waals surface area contributed by atoms with Crippen LogP contribution < -0.4 is 10.7 Å². The first-order chi connectivity index (χ1) is 11.6. The van der Waals surface area contributed by atoms with E-state index in [2.05, 4.69) is 36.8 Å². The van der Waals surface area contributed by atoms with Gasteiger partial charge in [-0.2, -0.15) is 5.10 Å². The summed E-state index contributed by atoms with van der Waals surface area (Å²) in [6.07, 6.45) is 1.38. The number of thiazole rings is 1. The summed E-state index contributed by atoms with van der Waals surface area (Å²) in [6.45, 7) is 0.0572. The van der Waals surface area contributed by atoms with Crippen LogP contribution in [0.15, 0.2) is 52.0 Å². The number of fused-ring (bicyclic) bond motifs is 1. The molecule has 0 unspecified atom stereocenters. The van der Waals surface area contributed by atoms with E-state index in [0.29, 0.717) is 10.7 Å². The highest BCUT2D eigenvalue weighted by molar-refractivity contribution is 9.10. The number of hydrogen-bond donors (Lipinski definition) is 3. The topological polar surface area (TPSA) is 86.6 Å². The van der Waals surface area contributed by atoms with Gasteiger partial charge in [0.1, 0.15) is 5.75 Å². The average Bonchev–Trinajstić information content (AvgIpc) is 2.99. The maximum atomic E-state index is 11.8. The molecule has 0 fully saturated rings. The number of rotatable bonds is 5. The number of amides is 1. The number of phenols is 1. The Morgan fingerprint density at radius 2 is 2.17 bits per heavy atom. The van der Waals surface area contributed by atoms with E-state index in [4.69, 9.17) is 0 Å². The fourth-order valence-corrected chi connectivity index (χ4v) is 3.19. The van der Waals surface area contributed by atoms with E-state index in [1.807, 2.05) is 24.3 Å². The molecule has 0 radical (unpaired) electrons. The van der Waals surface area contributed by atoms with Crippen molar-refractivity contribution in [2.75, 3.05) is 11.9 Å². The Kier molecular flexibility index (Phi) is 5.07. The van der Waals surface area contributed by atoms with Crippen molar-refractivity contribution >= 4 is 54.7 Å². The number of hydrogen-bond acceptors (Lipinski definition) is 6. The third-order valence-electron chi connectivity index (χ3n) is 3.08. The van der Waals surface area contributed by atoms with E-state index in [0.717, 1.165) is 14.7 Å². The predicted octanol–water partition coefficient (Wildman–Crippen LogP) is 3.33. The highest BCUT2D eigenvalue weighted by Gasteiger charge is 2.05. The number of carbonyl (C=O) groups is 1. The Hall–Kier alpha value is -2.45. The lowest BCUT2D eigenvalue weighted by molar-refractivity contribution is -0.119. The number of nitrogens with zero attached hydrogens (tertiary/aromatic N) is 2. The zero-order chi connectivity index (χ0) is 16.9. The number of benzene rings is 2. The second-order valence-electron chi connectivity index (χ2n) is 4.84. The van der Waals surface area contributed by atoms with Crippen LogP contribution in [0.3, 0.4) is 0 Å². The minimum absolute atomic E-state index is 0.0572. The summed E-state index contributed by atoms with van der Waals surface area (Å²) in [5.41, 5.74) is 3.80.